The first kappa shape index (κ1) is 7.56. The molecule has 2 N–H and O–H groups in total. The first-order valence-electron chi connectivity index (χ1n) is 4.38. The average Bonchev–Trinajstić information content (AvgIpc) is 2.51. The van der Waals surface area contributed by atoms with Gasteiger partial charge in [-0.1, -0.05) is 30.4 Å². The highest BCUT2D eigenvalue weighted by Crippen LogP contribution is 2.20. The van der Waals surface area contributed by atoms with Gasteiger partial charge in [-0.2, -0.15) is 0 Å². The number of hydrogen-bond donors (Lipinski definition) is 1. The van der Waals surface area contributed by atoms with Crippen molar-refractivity contribution in [2.24, 2.45) is 5.73 Å². The van der Waals surface area contributed by atoms with E-state index in [1.807, 2.05) is 0 Å². The van der Waals surface area contributed by atoms with Crippen LogP contribution in [0, 0.1) is 0 Å². The van der Waals surface area contributed by atoms with Gasteiger partial charge in [-0.3, -0.25) is 0 Å². The minimum atomic E-state index is 0.739. The summed E-state index contributed by atoms with van der Waals surface area (Å²) in [6.45, 7) is 0.739. The lowest BCUT2D eigenvalue weighted by atomic mass is 10.0. The van der Waals surface area contributed by atoms with Crippen molar-refractivity contribution >= 4 is 6.08 Å². The van der Waals surface area contributed by atoms with Crippen LogP contribution in [0.2, 0.25) is 0 Å². The van der Waals surface area contributed by atoms with Gasteiger partial charge < -0.3 is 5.73 Å². The summed E-state index contributed by atoms with van der Waals surface area (Å²) in [7, 11) is 0. The maximum Gasteiger partial charge on any atom is -0.00367 e. The number of hydrogen-bond acceptors (Lipinski definition) is 1. The summed E-state index contributed by atoms with van der Waals surface area (Å²) in [5, 5.41) is 0. The number of allylic oxidation sites excluding steroid dienone is 1. The molecule has 0 unspecified atom stereocenters. The number of benzene rings is 1. The fraction of sp³-hybridized carbons (Fsp3) is 0.273. The van der Waals surface area contributed by atoms with Crippen molar-refractivity contribution in [1.82, 2.24) is 0 Å². The van der Waals surface area contributed by atoms with Gasteiger partial charge in [0.2, 0.25) is 0 Å². The zero-order valence-electron chi connectivity index (χ0n) is 7.09. The Labute approximate surface area is 72.9 Å². The Kier molecular flexibility index (Phi) is 1.96. The van der Waals surface area contributed by atoms with Crippen LogP contribution < -0.4 is 5.73 Å². The van der Waals surface area contributed by atoms with Crippen LogP contribution in [-0.2, 0) is 12.8 Å². The van der Waals surface area contributed by atoms with Crippen LogP contribution in [0.15, 0.2) is 24.3 Å². The van der Waals surface area contributed by atoms with Gasteiger partial charge >= 0.3 is 0 Å². The second kappa shape index (κ2) is 3.11. The van der Waals surface area contributed by atoms with Gasteiger partial charge in [0.25, 0.3) is 0 Å². The SMILES string of the molecule is NCCc1ccc2c(c1)C=CC2. The Bertz CT molecular complexity index is 313. The van der Waals surface area contributed by atoms with Gasteiger partial charge in [0.05, 0.1) is 0 Å². The summed E-state index contributed by atoms with van der Waals surface area (Å²) in [6.07, 6.45) is 6.48. The minimum Gasteiger partial charge on any atom is -0.330 e. The molecule has 0 heterocycles. The van der Waals surface area contributed by atoms with Crippen molar-refractivity contribution in [2.75, 3.05) is 6.54 Å². The van der Waals surface area contributed by atoms with E-state index in [1.165, 1.54) is 16.7 Å². The van der Waals surface area contributed by atoms with E-state index in [2.05, 4.69) is 30.4 Å². The summed E-state index contributed by atoms with van der Waals surface area (Å²) in [5.74, 6) is 0. The quantitative estimate of drug-likeness (QED) is 0.699. The largest absolute Gasteiger partial charge is 0.330 e. The van der Waals surface area contributed by atoms with E-state index in [4.69, 9.17) is 5.73 Å². The van der Waals surface area contributed by atoms with Crippen molar-refractivity contribution in [3.8, 4) is 0 Å². The molecule has 1 heteroatoms. The van der Waals surface area contributed by atoms with Crippen LogP contribution in [0.25, 0.3) is 6.08 Å². The first-order valence-corrected chi connectivity index (χ1v) is 4.38. The molecule has 0 fully saturated rings. The highest BCUT2D eigenvalue weighted by atomic mass is 14.5. The monoisotopic (exact) mass is 159 g/mol. The Hall–Kier alpha value is -1.08. The number of fused-ring (bicyclic) bond motifs is 1. The second-order valence-electron chi connectivity index (χ2n) is 3.18. The molecule has 2 rings (SSSR count). The van der Waals surface area contributed by atoms with E-state index in [-0.39, 0.29) is 0 Å². The average molecular weight is 159 g/mol. The van der Waals surface area contributed by atoms with Gasteiger partial charge in [-0.25, -0.2) is 0 Å². The van der Waals surface area contributed by atoms with E-state index in [1.54, 1.807) is 0 Å². The summed E-state index contributed by atoms with van der Waals surface area (Å²) in [6, 6.07) is 6.63. The molecule has 0 atom stereocenters. The van der Waals surface area contributed by atoms with Gasteiger partial charge in [-0.05, 0) is 36.1 Å². The van der Waals surface area contributed by atoms with Crippen molar-refractivity contribution in [3.05, 3.63) is 41.0 Å². The molecule has 1 aliphatic rings. The summed E-state index contributed by atoms with van der Waals surface area (Å²) >= 11 is 0. The molecule has 1 aromatic carbocycles. The van der Waals surface area contributed by atoms with E-state index < -0.39 is 0 Å². The topological polar surface area (TPSA) is 26.0 Å². The van der Waals surface area contributed by atoms with Gasteiger partial charge in [-0.15, -0.1) is 0 Å². The third kappa shape index (κ3) is 1.28. The smallest absolute Gasteiger partial charge is 0.00367 e. The van der Waals surface area contributed by atoms with Gasteiger partial charge in [0, 0.05) is 0 Å². The fourth-order valence-electron chi connectivity index (χ4n) is 1.62. The lowest BCUT2D eigenvalue weighted by molar-refractivity contribution is 0.967. The molecule has 0 aromatic heterocycles. The van der Waals surface area contributed by atoms with E-state index in [9.17, 15) is 0 Å². The van der Waals surface area contributed by atoms with Crippen LogP contribution in [0.3, 0.4) is 0 Å². The molecule has 1 aliphatic carbocycles. The van der Waals surface area contributed by atoms with Crippen molar-refractivity contribution < 1.29 is 0 Å². The summed E-state index contributed by atoms with van der Waals surface area (Å²) < 4.78 is 0. The number of nitrogens with two attached hydrogens (primary N) is 1. The third-order valence-electron chi connectivity index (χ3n) is 2.28. The molecule has 0 radical (unpaired) electrons. The third-order valence-corrected chi connectivity index (χ3v) is 2.28. The molecule has 1 aromatic rings. The summed E-state index contributed by atoms with van der Waals surface area (Å²) in [4.78, 5) is 0. The van der Waals surface area contributed by atoms with Crippen molar-refractivity contribution in [3.63, 3.8) is 0 Å². The van der Waals surface area contributed by atoms with Crippen LogP contribution in [0.1, 0.15) is 16.7 Å². The molecule has 0 aliphatic heterocycles. The standard InChI is InChI=1S/C11H13N/c12-7-6-9-4-5-10-2-1-3-11(10)8-9/h1,3-5,8H,2,6-7,12H2. The van der Waals surface area contributed by atoms with E-state index in [0.29, 0.717) is 0 Å². The molecular weight excluding hydrogens is 146 g/mol. The zero-order valence-corrected chi connectivity index (χ0v) is 7.09. The minimum absolute atomic E-state index is 0.739. The highest BCUT2D eigenvalue weighted by Gasteiger charge is 2.04. The highest BCUT2D eigenvalue weighted by molar-refractivity contribution is 5.60. The predicted molar refractivity (Wildman–Crippen MR) is 51.9 cm³/mol. The lowest BCUT2D eigenvalue weighted by Gasteiger charge is -2.02. The Morgan fingerprint density at radius 1 is 1.33 bits per heavy atom. The van der Waals surface area contributed by atoms with Crippen LogP contribution in [0.5, 0.6) is 0 Å². The molecule has 0 amide bonds. The van der Waals surface area contributed by atoms with E-state index >= 15 is 0 Å². The molecule has 62 valence electrons. The molecule has 0 saturated carbocycles. The van der Waals surface area contributed by atoms with Crippen molar-refractivity contribution in [2.45, 2.75) is 12.8 Å². The molecule has 12 heavy (non-hydrogen) atoms. The Morgan fingerprint density at radius 2 is 2.25 bits per heavy atom. The predicted octanol–water partition coefficient (Wildman–Crippen LogP) is 1.76. The molecule has 0 spiro atoms. The Morgan fingerprint density at radius 3 is 3.08 bits per heavy atom. The Balaban J connectivity index is 2.31. The maximum absolute atomic E-state index is 5.49. The van der Waals surface area contributed by atoms with Gasteiger partial charge in [0.15, 0.2) is 0 Å². The second-order valence-corrected chi connectivity index (χ2v) is 3.18. The fourth-order valence-corrected chi connectivity index (χ4v) is 1.62. The van der Waals surface area contributed by atoms with Crippen LogP contribution in [0.4, 0.5) is 0 Å². The molecule has 1 nitrogen and oxygen atoms in total. The van der Waals surface area contributed by atoms with E-state index in [0.717, 1.165) is 19.4 Å². The molecule has 0 bridgehead atoms. The molecular formula is C11H13N. The molecule has 0 saturated heterocycles. The summed E-state index contributed by atoms with van der Waals surface area (Å²) in [5.41, 5.74) is 9.65. The zero-order chi connectivity index (χ0) is 8.39. The van der Waals surface area contributed by atoms with Crippen LogP contribution >= 0.6 is 0 Å². The normalized spacial score (nSPS) is 13.4. The lowest BCUT2D eigenvalue weighted by Crippen LogP contribution is -2.02. The van der Waals surface area contributed by atoms with Gasteiger partial charge in [0.1, 0.15) is 0 Å². The first-order chi connectivity index (χ1) is 5.90. The van der Waals surface area contributed by atoms with Crippen molar-refractivity contribution in [1.29, 1.82) is 0 Å². The maximum atomic E-state index is 5.49. The van der Waals surface area contributed by atoms with Crippen LogP contribution in [-0.4, -0.2) is 6.54 Å². The number of rotatable bonds is 2.